The van der Waals surface area contributed by atoms with Crippen LogP contribution in [0.1, 0.15) is 6.92 Å². The smallest absolute Gasteiger partial charge is 0.176 e. The van der Waals surface area contributed by atoms with Crippen LogP contribution in [0.4, 0.5) is 5.69 Å². The van der Waals surface area contributed by atoms with Crippen molar-refractivity contribution in [3.63, 3.8) is 0 Å². The molecule has 0 saturated carbocycles. The Bertz CT molecular complexity index is 356. The first kappa shape index (κ1) is 14.3. The molecule has 0 bridgehead atoms. The zero-order chi connectivity index (χ0) is 12.8. The second-order valence-corrected chi connectivity index (χ2v) is 4.47. The van der Waals surface area contributed by atoms with Gasteiger partial charge in [0.25, 0.3) is 0 Å². The molecule has 0 heterocycles. The van der Waals surface area contributed by atoms with Crippen LogP contribution < -0.4 is 10.1 Å². The van der Waals surface area contributed by atoms with Gasteiger partial charge >= 0.3 is 0 Å². The first-order valence-electron chi connectivity index (χ1n) is 5.28. The van der Waals surface area contributed by atoms with Crippen LogP contribution in [0, 0.1) is 0 Å². The van der Waals surface area contributed by atoms with Gasteiger partial charge < -0.3 is 19.5 Å². The van der Waals surface area contributed by atoms with Crippen LogP contribution in [0.2, 0.25) is 0 Å². The van der Waals surface area contributed by atoms with Crippen molar-refractivity contribution in [2.45, 2.75) is 19.3 Å². The normalized spacial score (nSPS) is 12.6. The molecule has 0 radical (unpaired) electrons. The highest BCUT2D eigenvalue weighted by molar-refractivity contribution is 9.10. The highest BCUT2D eigenvalue weighted by Gasteiger charge is 2.16. The summed E-state index contributed by atoms with van der Waals surface area (Å²) in [7, 11) is 4.88. The van der Waals surface area contributed by atoms with Crippen LogP contribution in [-0.4, -0.2) is 33.7 Å². The van der Waals surface area contributed by atoms with Gasteiger partial charge in [0.15, 0.2) is 6.29 Å². The van der Waals surface area contributed by atoms with Crippen molar-refractivity contribution in [3.8, 4) is 5.75 Å². The summed E-state index contributed by atoms with van der Waals surface area (Å²) < 4.78 is 16.5. The van der Waals surface area contributed by atoms with E-state index in [2.05, 4.69) is 21.2 Å². The van der Waals surface area contributed by atoms with Gasteiger partial charge in [0.2, 0.25) is 0 Å². The molecule has 1 atom stereocenters. The van der Waals surface area contributed by atoms with Gasteiger partial charge in [-0.05, 0) is 35.0 Å². The summed E-state index contributed by atoms with van der Waals surface area (Å²) in [5.41, 5.74) is 0.941. The molecule has 1 unspecified atom stereocenters. The lowest BCUT2D eigenvalue weighted by Crippen LogP contribution is -2.33. The molecule has 0 amide bonds. The van der Waals surface area contributed by atoms with Crippen molar-refractivity contribution in [3.05, 3.63) is 22.7 Å². The van der Waals surface area contributed by atoms with Crippen molar-refractivity contribution >= 4 is 21.6 Å². The predicted molar refractivity (Wildman–Crippen MR) is 71.6 cm³/mol. The van der Waals surface area contributed by atoms with E-state index in [0.717, 1.165) is 15.9 Å². The predicted octanol–water partition coefficient (Wildman–Crippen LogP) is 2.88. The molecule has 1 rings (SSSR count). The molecule has 0 aliphatic heterocycles. The molecule has 96 valence electrons. The summed E-state index contributed by atoms with van der Waals surface area (Å²) in [6.07, 6.45) is -0.298. The number of halogens is 1. The molecule has 1 aromatic carbocycles. The van der Waals surface area contributed by atoms with Crippen LogP contribution in [0.15, 0.2) is 22.7 Å². The van der Waals surface area contributed by atoms with E-state index in [1.54, 1.807) is 21.3 Å². The van der Waals surface area contributed by atoms with Gasteiger partial charge in [-0.25, -0.2) is 0 Å². The van der Waals surface area contributed by atoms with Gasteiger partial charge in [0.1, 0.15) is 5.75 Å². The van der Waals surface area contributed by atoms with Crippen LogP contribution in [-0.2, 0) is 9.47 Å². The lowest BCUT2D eigenvalue weighted by molar-refractivity contribution is -0.109. The number of anilines is 1. The fourth-order valence-corrected chi connectivity index (χ4v) is 1.92. The molecule has 0 spiro atoms. The molecule has 1 N–H and O–H groups in total. The quantitative estimate of drug-likeness (QED) is 0.820. The monoisotopic (exact) mass is 303 g/mol. The molecule has 1 aromatic rings. The molecule has 0 aromatic heterocycles. The van der Waals surface area contributed by atoms with Gasteiger partial charge in [-0.2, -0.15) is 0 Å². The van der Waals surface area contributed by atoms with Crippen molar-refractivity contribution in [2.24, 2.45) is 0 Å². The van der Waals surface area contributed by atoms with Gasteiger partial charge in [-0.1, -0.05) is 0 Å². The Morgan fingerprint density at radius 2 is 1.82 bits per heavy atom. The summed E-state index contributed by atoms with van der Waals surface area (Å²) in [4.78, 5) is 0. The first-order chi connectivity index (χ1) is 8.12. The second kappa shape index (κ2) is 6.83. The topological polar surface area (TPSA) is 39.7 Å². The molecule has 17 heavy (non-hydrogen) atoms. The average molecular weight is 304 g/mol. The third-order valence-corrected chi connectivity index (χ3v) is 3.12. The van der Waals surface area contributed by atoms with Crippen molar-refractivity contribution < 1.29 is 14.2 Å². The Morgan fingerprint density at radius 3 is 2.35 bits per heavy atom. The minimum Gasteiger partial charge on any atom is -0.497 e. The Balaban J connectivity index is 2.79. The zero-order valence-corrected chi connectivity index (χ0v) is 12.1. The Labute approximate surface area is 110 Å². The van der Waals surface area contributed by atoms with Crippen molar-refractivity contribution in [1.82, 2.24) is 0 Å². The highest BCUT2D eigenvalue weighted by Crippen LogP contribution is 2.28. The lowest BCUT2D eigenvalue weighted by Gasteiger charge is -2.23. The largest absolute Gasteiger partial charge is 0.497 e. The molecule has 0 aliphatic carbocycles. The van der Waals surface area contributed by atoms with Crippen LogP contribution in [0.25, 0.3) is 0 Å². The van der Waals surface area contributed by atoms with Crippen LogP contribution >= 0.6 is 15.9 Å². The molecular formula is C12H18BrNO3. The van der Waals surface area contributed by atoms with Gasteiger partial charge in [-0.3, -0.25) is 0 Å². The number of rotatable bonds is 6. The Morgan fingerprint density at radius 1 is 1.18 bits per heavy atom. The summed E-state index contributed by atoms with van der Waals surface area (Å²) in [5, 5.41) is 3.31. The fourth-order valence-electron chi connectivity index (χ4n) is 1.56. The van der Waals surface area contributed by atoms with E-state index < -0.39 is 0 Å². The first-order valence-corrected chi connectivity index (χ1v) is 6.07. The minimum atomic E-state index is -0.298. The van der Waals surface area contributed by atoms with E-state index in [-0.39, 0.29) is 12.3 Å². The Kier molecular flexibility index (Phi) is 5.74. The standard InChI is InChI=1S/C12H18BrNO3/c1-8(12(16-3)17-4)14-11-7-9(15-2)5-6-10(11)13/h5-8,12,14H,1-4H3. The summed E-state index contributed by atoms with van der Waals surface area (Å²) >= 11 is 3.48. The number of nitrogens with one attached hydrogen (secondary N) is 1. The van der Waals surface area contributed by atoms with Crippen molar-refractivity contribution in [2.75, 3.05) is 26.6 Å². The summed E-state index contributed by atoms with van der Waals surface area (Å²) in [6.45, 7) is 1.99. The van der Waals surface area contributed by atoms with E-state index in [0.29, 0.717) is 0 Å². The minimum absolute atomic E-state index is 0.0217. The van der Waals surface area contributed by atoms with E-state index in [1.807, 2.05) is 25.1 Å². The maximum atomic E-state index is 5.20. The zero-order valence-electron chi connectivity index (χ0n) is 10.5. The molecular weight excluding hydrogens is 286 g/mol. The summed E-state index contributed by atoms with van der Waals surface area (Å²) in [6, 6.07) is 5.77. The molecule has 4 nitrogen and oxygen atoms in total. The van der Waals surface area contributed by atoms with Crippen molar-refractivity contribution in [1.29, 1.82) is 0 Å². The Hall–Kier alpha value is -0.780. The van der Waals surface area contributed by atoms with E-state index in [4.69, 9.17) is 14.2 Å². The average Bonchev–Trinajstić information content (AvgIpc) is 2.33. The number of hydrogen-bond donors (Lipinski definition) is 1. The second-order valence-electron chi connectivity index (χ2n) is 3.62. The van der Waals surface area contributed by atoms with Gasteiger partial charge in [0, 0.05) is 24.8 Å². The lowest BCUT2D eigenvalue weighted by atomic mass is 10.2. The number of hydrogen-bond acceptors (Lipinski definition) is 4. The van der Waals surface area contributed by atoms with E-state index >= 15 is 0 Å². The molecule has 0 fully saturated rings. The van der Waals surface area contributed by atoms with E-state index in [1.165, 1.54) is 0 Å². The number of ether oxygens (including phenoxy) is 3. The molecule has 5 heteroatoms. The third kappa shape index (κ3) is 3.87. The third-order valence-electron chi connectivity index (χ3n) is 2.43. The molecule has 0 aliphatic rings. The van der Waals surface area contributed by atoms with Gasteiger partial charge in [-0.15, -0.1) is 0 Å². The van der Waals surface area contributed by atoms with E-state index in [9.17, 15) is 0 Å². The number of methoxy groups -OCH3 is 3. The fraction of sp³-hybridized carbons (Fsp3) is 0.500. The number of benzene rings is 1. The van der Waals surface area contributed by atoms with Crippen LogP contribution in [0.5, 0.6) is 5.75 Å². The SMILES string of the molecule is COc1ccc(Br)c(NC(C)C(OC)OC)c1. The highest BCUT2D eigenvalue weighted by atomic mass is 79.9. The summed E-state index contributed by atoms with van der Waals surface area (Å²) in [5.74, 6) is 0.800. The maximum absolute atomic E-state index is 5.20. The maximum Gasteiger partial charge on any atom is 0.176 e. The van der Waals surface area contributed by atoms with Crippen LogP contribution in [0.3, 0.4) is 0 Å². The van der Waals surface area contributed by atoms with Gasteiger partial charge in [0.05, 0.1) is 18.8 Å². The molecule has 0 saturated heterocycles.